The number of carbonyl (C=O) groups is 1. The zero-order chi connectivity index (χ0) is 15.5. The van der Waals surface area contributed by atoms with E-state index in [1.807, 2.05) is 30.1 Å². The van der Waals surface area contributed by atoms with E-state index in [1.165, 1.54) is 0 Å². The Bertz CT molecular complexity index is 565. The van der Waals surface area contributed by atoms with Crippen LogP contribution in [0.4, 0.5) is 0 Å². The lowest BCUT2D eigenvalue weighted by Crippen LogP contribution is -2.41. The predicted molar refractivity (Wildman–Crippen MR) is 87.6 cm³/mol. The standard InChI is InChI=1S/C17H23NO3S/c1-18(14-7-10-22(20)11-8-14)17(19)12-13-6-9-21-16-5-3-2-4-15(13)16/h2-5,13-14H,6-12H2,1H3. The first-order valence-corrected chi connectivity index (χ1v) is 9.46. The molecule has 120 valence electrons. The summed E-state index contributed by atoms with van der Waals surface area (Å²) >= 11 is 0. The summed E-state index contributed by atoms with van der Waals surface area (Å²) in [7, 11) is 1.21. The van der Waals surface area contributed by atoms with Crippen LogP contribution in [0.25, 0.3) is 0 Å². The quantitative estimate of drug-likeness (QED) is 0.858. The zero-order valence-corrected chi connectivity index (χ0v) is 13.8. The third-order valence-corrected chi connectivity index (χ3v) is 6.18. The Morgan fingerprint density at radius 3 is 2.77 bits per heavy atom. The number of hydrogen-bond donors (Lipinski definition) is 0. The first-order valence-electron chi connectivity index (χ1n) is 7.97. The first kappa shape index (κ1) is 15.5. The summed E-state index contributed by atoms with van der Waals surface area (Å²) in [6.07, 6.45) is 3.15. The molecule has 0 saturated carbocycles. The number of fused-ring (bicyclic) bond motifs is 1. The maximum atomic E-state index is 12.6. The Morgan fingerprint density at radius 1 is 1.27 bits per heavy atom. The second-order valence-electron chi connectivity index (χ2n) is 6.16. The molecule has 0 spiro atoms. The molecule has 0 N–H and O–H groups in total. The molecule has 2 aliphatic rings. The van der Waals surface area contributed by atoms with Crippen LogP contribution < -0.4 is 4.74 Å². The van der Waals surface area contributed by atoms with Gasteiger partial charge in [0.2, 0.25) is 5.91 Å². The van der Waals surface area contributed by atoms with Gasteiger partial charge in [-0.15, -0.1) is 0 Å². The van der Waals surface area contributed by atoms with Crippen molar-refractivity contribution in [3.63, 3.8) is 0 Å². The highest BCUT2D eigenvalue weighted by Gasteiger charge is 2.28. The van der Waals surface area contributed by atoms with Crippen LogP contribution in [-0.4, -0.2) is 46.2 Å². The highest BCUT2D eigenvalue weighted by molar-refractivity contribution is 7.85. The molecular formula is C17H23NO3S. The van der Waals surface area contributed by atoms with E-state index in [4.69, 9.17) is 4.74 Å². The molecule has 0 aliphatic carbocycles. The molecule has 0 radical (unpaired) electrons. The highest BCUT2D eigenvalue weighted by atomic mass is 32.2. The maximum absolute atomic E-state index is 12.6. The van der Waals surface area contributed by atoms with E-state index in [2.05, 4.69) is 6.07 Å². The highest BCUT2D eigenvalue weighted by Crippen LogP contribution is 2.36. The molecule has 5 heteroatoms. The Labute approximate surface area is 134 Å². The predicted octanol–water partition coefficient (Wildman–Crippen LogP) is 2.31. The van der Waals surface area contributed by atoms with Crippen molar-refractivity contribution in [3.05, 3.63) is 29.8 Å². The van der Waals surface area contributed by atoms with Crippen molar-refractivity contribution >= 4 is 16.7 Å². The second kappa shape index (κ2) is 6.82. The minimum atomic E-state index is -0.681. The van der Waals surface area contributed by atoms with Crippen molar-refractivity contribution < 1.29 is 13.7 Å². The van der Waals surface area contributed by atoms with Crippen molar-refractivity contribution in [1.29, 1.82) is 0 Å². The van der Waals surface area contributed by atoms with Crippen molar-refractivity contribution in [2.24, 2.45) is 0 Å². The van der Waals surface area contributed by atoms with Gasteiger partial charge in [-0.2, -0.15) is 0 Å². The van der Waals surface area contributed by atoms with E-state index in [0.717, 1.165) is 42.1 Å². The van der Waals surface area contributed by atoms with Gasteiger partial charge in [-0.1, -0.05) is 18.2 Å². The number of carbonyl (C=O) groups excluding carboxylic acids is 1. The van der Waals surface area contributed by atoms with Gasteiger partial charge in [0, 0.05) is 41.8 Å². The average molecular weight is 321 g/mol. The summed E-state index contributed by atoms with van der Waals surface area (Å²) in [5, 5.41) is 0. The van der Waals surface area contributed by atoms with E-state index < -0.39 is 10.8 Å². The first-order chi connectivity index (χ1) is 10.6. The van der Waals surface area contributed by atoms with Crippen LogP contribution in [0, 0.1) is 0 Å². The molecule has 0 aromatic heterocycles. The van der Waals surface area contributed by atoms with Crippen LogP contribution in [0.5, 0.6) is 5.75 Å². The van der Waals surface area contributed by atoms with Crippen LogP contribution in [0.15, 0.2) is 24.3 Å². The Hall–Kier alpha value is -1.36. The van der Waals surface area contributed by atoms with Crippen molar-refractivity contribution in [2.75, 3.05) is 25.2 Å². The zero-order valence-electron chi connectivity index (χ0n) is 13.0. The number of ether oxygens (including phenoxy) is 1. The van der Waals surface area contributed by atoms with Gasteiger partial charge in [-0.05, 0) is 36.8 Å². The average Bonchev–Trinajstić information content (AvgIpc) is 2.55. The van der Waals surface area contributed by atoms with E-state index in [-0.39, 0.29) is 17.9 Å². The van der Waals surface area contributed by atoms with Crippen molar-refractivity contribution in [1.82, 2.24) is 4.90 Å². The lowest BCUT2D eigenvalue weighted by molar-refractivity contribution is -0.132. The molecule has 1 aromatic carbocycles. The number of nitrogens with zero attached hydrogens (tertiary/aromatic N) is 1. The maximum Gasteiger partial charge on any atom is 0.223 e. The normalized spacial score (nSPS) is 27.6. The van der Waals surface area contributed by atoms with Gasteiger partial charge >= 0.3 is 0 Å². The number of amides is 1. The fraction of sp³-hybridized carbons (Fsp3) is 0.588. The molecule has 1 amide bonds. The minimum absolute atomic E-state index is 0.194. The molecule has 22 heavy (non-hydrogen) atoms. The Kier molecular flexibility index (Phi) is 4.81. The van der Waals surface area contributed by atoms with Crippen molar-refractivity contribution in [3.8, 4) is 5.75 Å². The largest absolute Gasteiger partial charge is 0.493 e. The number of benzene rings is 1. The SMILES string of the molecule is CN(C(=O)CC1CCOc2ccccc21)C1CCS(=O)CC1. The minimum Gasteiger partial charge on any atom is -0.493 e. The number of rotatable bonds is 3. The number of para-hydroxylation sites is 1. The lowest BCUT2D eigenvalue weighted by atomic mass is 9.89. The molecule has 1 atom stereocenters. The van der Waals surface area contributed by atoms with Crippen LogP contribution in [0.2, 0.25) is 0 Å². The van der Waals surface area contributed by atoms with Gasteiger partial charge in [0.15, 0.2) is 0 Å². The Balaban J connectivity index is 1.63. The van der Waals surface area contributed by atoms with Gasteiger partial charge in [0.1, 0.15) is 5.75 Å². The molecule has 2 heterocycles. The second-order valence-corrected chi connectivity index (χ2v) is 7.86. The van der Waals surface area contributed by atoms with E-state index in [1.54, 1.807) is 0 Å². The molecule has 2 aliphatic heterocycles. The van der Waals surface area contributed by atoms with Crippen LogP contribution in [0.1, 0.15) is 37.2 Å². The van der Waals surface area contributed by atoms with Crippen LogP contribution in [-0.2, 0) is 15.6 Å². The smallest absolute Gasteiger partial charge is 0.223 e. The summed E-state index contributed by atoms with van der Waals surface area (Å²) in [6, 6.07) is 8.27. The molecule has 0 bridgehead atoms. The van der Waals surface area contributed by atoms with E-state index in [9.17, 15) is 9.00 Å². The topological polar surface area (TPSA) is 46.6 Å². The molecule has 3 rings (SSSR count). The molecule has 1 saturated heterocycles. The summed E-state index contributed by atoms with van der Waals surface area (Å²) < 4.78 is 17.1. The summed E-state index contributed by atoms with van der Waals surface area (Å²) in [5.41, 5.74) is 1.15. The van der Waals surface area contributed by atoms with Gasteiger partial charge in [-0.25, -0.2) is 0 Å². The van der Waals surface area contributed by atoms with Gasteiger partial charge < -0.3 is 9.64 Å². The third kappa shape index (κ3) is 3.35. The number of hydrogen-bond acceptors (Lipinski definition) is 3. The van der Waals surface area contributed by atoms with Crippen LogP contribution >= 0.6 is 0 Å². The summed E-state index contributed by atoms with van der Waals surface area (Å²) in [6.45, 7) is 0.682. The van der Waals surface area contributed by atoms with Gasteiger partial charge in [0.25, 0.3) is 0 Å². The van der Waals surface area contributed by atoms with Crippen molar-refractivity contribution in [2.45, 2.75) is 37.6 Å². The lowest BCUT2D eigenvalue weighted by Gasteiger charge is -2.33. The van der Waals surface area contributed by atoms with E-state index in [0.29, 0.717) is 13.0 Å². The molecule has 1 unspecified atom stereocenters. The molecule has 1 fully saturated rings. The van der Waals surface area contributed by atoms with E-state index >= 15 is 0 Å². The fourth-order valence-corrected chi connectivity index (χ4v) is 4.63. The fourth-order valence-electron chi connectivity index (χ4n) is 3.35. The summed E-state index contributed by atoms with van der Waals surface area (Å²) in [4.78, 5) is 14.5. The Morgan fingerprint density at radius 2 is 2.00 bits per heavy atom. The monoisotopic (exact) mass is 321 g/mol. The third-order valence-electron chi connectivity index (χ3n) is 4.80. The summed E-state index contributed by atoms with van der Waals surface area (Å²) in [5.74, 6) is 2.81. The van der Waals surface area contributed by atoms with Gasteiger partial charge in [0.05, 0.1) is 6.61 Å². The van der Waals surface area contributed by atoms with Gasteiger partial charge in [-0.3, -0.25) is 9.00 Å². The molecular weight excluding hydrogens is 298 g/mol. The molecule has 4 nitrogen and oxygen atoms in total. The van der Waals surface area contributed by atoms with Crippen LogP contribution in [0.3, 0.4) is 0 Å². The molecule has 1 aromatic rings.